The average Bonchev–Trinajstić information content (AvgIpc) is 3.32. The van der Waals surface area contributed by atoms with Gasteiger partial charge in [0.25, 0.3) is 5.88 Å². The predicted molar refractivity (Wildman–Crippen MR) is 144 cm³/mol. The number of nitrogens with zero attached hydrogens (tertiary/aromatic N) is 4. The van der Waals surface area contributed by atoms with Crippen molar-refractivity contribution >= 4 is 17.0 Å². The minimum absolute atomic E-state index is 0.0166. The molecule has 0 atom stereocenters. The number of carboxylic acids is 1. The van der Waals surface area contributed by atoms with E-state index in [-0.39, 0.29) is 30.1 Å². The normalized spacial score (nSPS) is 11.3. The fourth-order valence-electron chi connectivity index (χ4n) is 4.49. The van der Waals surface area contributed by atoms with Gasteiger partial charge < -0.3 is 19.1 Å². The van der Waals surface area contributed by atoms with E-state index >= 15 is 13.2 Å². The van der Waals surface area contributed by atoms with Crippen molar-refractivity contribution in [3.63, 3.8) is 0 Å². The molecule has 0 saturated heterocycles. The number of methoxy groups -OCH3 is 1. The number of carbonyl (C=O) groups is 1. The number of hydrogen-bond donors (Lipinski definition) is 1. The predicted octanol–water partition coefficient (Wildman–Crippen LogP) is 6.01. The molecule has 0 radical (unpaired) electrons. The van der Waals surface area contributed by atoms with Crippen molar-refractivity contribution in [2.24, 2.45) is 0 Å². The van der Waals surface area contributed by atoms with Crippen LogP contribution in [0.3, 0.4) is 0 Å². The first kappa shape index (κ1) is 29.6. The topological polar surface area (TPSA) is 99.4 Å². The lowest BCUT2D eigenvalue weighted by Crippen LogP contribution is -2.12. The van der Waals surface area contributed by atoms with Crippen molar-refractivity contribution in [3.8, 4) is 17.3 Å². The molecule has 0 bridgehead atoms. The van der Waals surface area contributed by atoms with E-state index in [9.17, 15) is 18.7 Å². The third-order valence-corrected chi connectivity index (χ3v) is 6.71. The van der Waals surface area contributed by atoms with Crippen LogP contribution >= 0.6 is 0 Å². The van der Waals surface area contributed by atoms with Gasteiger partial charge in [-0.25, -0.2) is 32.3 Å². The van der Waals surface area contributed by atoms with Crippen LogP contribution in [0.1, 0.15) is 32.9 Å². The number of rotatable bonds is 10. The number of aromatic nitrogens is 4. The Morgan fingerprint density at radius 2 is 1.74 bits per heavy atom. The highest BCUT2D eigenvalue weighted by Crippen LogP contribution is 2.30. The van der Waals surface area contributed by atoms with E-state index in [1.165, 1.54) is 37.4 Å². The van der Waals surface area contributed by atoms with Crippen molar-refractivity contribution in [2.75, 3.05) is 13.7 Å². The number of hydrogen-bond acceptors (Lipinski definition) is 6. The van der Waals surface area contributed by atoms with Gasteiger partial charge in [0.05, 0.1) is 35.0 Å². The number of carboxylic acid groups (broad SMARTS) is 1. The maximum absolute atomic E-state index is 15.4. The summed E-state index contributed by atoms with van der Waals surface area (Å²) in [5, 5.41) is 9.36. The highest BCUT2D eigenvalue weighted by atomic mass is 19.2. The molecule has 2 heterocycles. The first-order valence-electron chi connectivity index (χ1n) is 12.9. The first-order valence-corrected chi connectivity index (χ1v) is 12.9. The molecule has 0 fully saturated rings. The van der Waals surface area contributed by atoms with Gasteiger partial charge in [-0.1, -0.05) is 12.1 Å². The Balaban J connectivity index is 1.48. The molecule has 0 aliphatic carbocycles. The zero-order valence-electron chi connectivity index (χ0n) is 22.8. The number of benzene rings is 3. The lowest BCUT2D eigenvalue weighted by molar-refractivity contribution is 0.0697. The summed E-state index contributed by atoms with van der Waals surface area (Å²) >= 11 is 0. The van der Waals surface area contributed by atoms with Crippen LogP contribution in [-0.4, -0.2) is 44.3 Å². The molecule has 0 aliphatic heterocycles. The Kier molecular flexibility index (Phi) is 8.35. The molecule has 8 nitrogen and oxygen atoms in total. The Morgan fingerprint density at radius 1 is 0.953 bits per heavy atom. The van der Waals surface area contributed by atoms with E-state index in [2.05, 4.69) is 15.0 Å². The zero-order chi connectivity index (χ0) is 30.8. The van der Waals surface area contributed by atoms with Gasteiger partial charge in [0.1, 0.15) is 24.1 Å². The van der Waals surface area contributed by atoms with Crippen molar-refractivity contribution in [1.29, 1.82) is 0 Å². The quantitative estimate of drug-likeness (QED) is 0.155. The number of aryl methyl sites for hydroxylation is 1. The van der Waals surface area contributed by atoms with Gasteiger partial charge in [0.15, 0.2) is 17.5 Å². The largest absolute Gasteiger partial charge is 0.478 e. The van der Waals surface area contributed by atoms with E-state index < -0.39 is 70.9 Å². The van der Waals surface area contributed by atoms with E-state index in [4.69, 9.17) is 9.47 Å². The number of fused-ring (bicyclic) bond motifs is 1. The fourth-order valence-corrected chi connectivity index (χ4v) is 4.49. The Morgan fingerprint density at radius 3 is 2.47 bits per heavy atom. The van der Waals surface area contributed by atoms with Gasteiger partial charge in [-0.3, -0.25) is 0 Å². The van der Waals surface area contributed by atoms with Crippen LogP contribution < -0.4 is 4.74 Å². The van der Waals surface area contributed by atoms with E-state index in [1.54, 1.807) is 17.6 Å². The molecule has 0 amide bonds. The number of halogens is 5. The van der Waals surface area contributed by atoms with Crippen molar-refractivity contribution in [1.82, 2.24) is 19.5 Å². The summed E-state index contributed by atoms with van der Waals surface area (Å²) in [6.45, 7) is 1.63. The third-order valence-electron chi connectivity index (χ3n) is 6.71. The Labute approximate surface area is 241 Å². The van der Waals surface area contributed by atoms with Gasteiger partial charge in [-0.15, -0.1) is 0 Å². The summed E-state index contributed by atoms with van der Waals surface area (Å²) in [6, 6.07) is 9.20. The zero-order valence-corrected chi connectivity index (χ0v) is 22.8. The molecular weight excluding hydrogens is 575 g/mol. The molecule has 3 aromatic carbocycles. The van der Waals surface area contributed by atoms with Crippen LogP contribution in [0, 0.1) is 36.0 Å². The van der Waals surface area contributed by atoms with E-state index in [0.717, 1.165) is 0 Å². The van der Waals surface area contributed by atoms with Gasteiger partial charge in [0.2, 0.25) is 5.82 Å². The smallest absolute Gasteiger partial charge is 0.335 e. The molecule has 5 aromatic rings. The summed E-state index contributed by atoms with van der Waals surface area (Å²) in [7, 11) is 1.45. The van der Waals surface area contributed by atoms with Gasteiger partial charge in [-0.05, 0) is 42.8 Å². The maximum Gasteiger partial charge on any atom is 0.335 e. The van der Waals surface area contributed by atoms with E-state index in [1.807, 2.05) is 0 Å². The molecule has 0 unspecified atom stereocenters. The van der Waals surface area contributed by atoms with Crippen LogP contribution in [0.15, 0.2) is 48.7 Å². The summed E-state index contributed by atoms with van der Waals surface area (Å²) in [6.07, 6.45) is 0.159. The first-order chi connectivity index (χ1) is 20.6. The summed E-state index contributed by atoms with van der Waals surface area (Å²) < 4.78 is 86.5. The molecule has 0 aliphatic rings. The maximum atomic E-state index is 15.4. The summed E-state index contributed by atoms with van der Waals surface area (Å²) in [4.78, 5) is 23.3. The van der Waals surface area contributed by atoms with Crippen molar-refractivity contribution in [3.05, 3.63) is 106 Å². The summed E-state index contributed by atoms with van der Waals surface area (Å²) in [5.74, 6) is -8.07. The number of aromatic carboxylic acids is 1. The van der Waals surface area contributed by atoms with Crippen molar-refractivity contribution < 1.29 is 41.3 Å². The second-order valence-electron chi connectivity index (χ2n) is 9.60. The average molecular weight is 599 g/mol. The van der Waals surface area contributed by atoms with Crippen molar-refractivity contribution in [2.45, 2.75) is 26.5 Å². The molecule has 222 valence electrons. The molecule has 13 heteroatoms. The molecule has 5 rings (SSSR count). The number of ether oxygens (including phenoxy) is 2. The van der Waals surface area contributed by atoms with Crippen LogP contribution in [-0.2, 0) is 24.3 Å². The van der Waals surface area contributed by atoms with Crippen LogP contribution in [0.5, 0.6) is 5.88 Å². The fraction of sp³-hybridized carbons (Fsp3) is 0.200. The molecule has 0 spiro atoms. The Hall–Kier alpha value is -4.91. The SMILES string of the molecule is COCCn1c(Cc2c(F)cc(-c3ncc(F)c(OCc4ccc(C)cc4F)n3)c(F)c2F)nc2ccc(C(=O)O)cc21. The lowest BCUT2D eigenvalue weighted by Gasteiger charge is -2.13. The monoisotopic (exact) mass is 598 g/mol. The molecule has 0 saturated carbocycles. The minimum atomic E-state index is -1.54. The lowest BCUT2D eigenvalue weighted by atomic mass is 10.1. The van der Waals surface area contributed by atoms with Crippen LogP contribution in [0.25, 0.3) is 22.4 Å². The van der Waals surface area contributed by atoms with Gasteiger partial charge >= 0.3 is 5.97 Å². The number of imidazole rings is 1. The second kappa shape index (κ2) is 12.1. The third kappa shape index (κ3) is 6.02. The molecule has 1 N–H and O–H groups in total. The Bertz CT molecular complexity index is 1860. The minimum Gasteiger partial charge on any atom is -0.478 e. The highest BCUT2D eigenvalue weighted by molar-refractivity contribution is 5.92. The highest BCUT2D eigenvalue weighted by Gasteiger charge is 2.25. The summed E-state index contributed by atoms with van der Waals surface area (Å²) in [5.41, 5.74) is 0.172. The van der Waals surface area contributed by atoms with Gasteiger partial charge in [0, 0.05) is 31.2 Å². The second-order valence-corrected chi connectivity index (χ2v) is 9.60. The molecule has 2 aromatic heterocycles. The molecular formula is C30H23F5N4O4. The van der Waals surface area contributed by atoms with E-state index in [0.29, 0.717) is 28.9 Å². The van der Waals surface area contributed by atoms with Crippen LogP contribution in [0.2, 0.25) is 0 Å². The van der Waals surface area contributed by atoms with Crippen LogP contribution in [0.4, 0.5) is 22.0 Å². The molecule has 43 heavy (non-hydrogen) atoms. The standard InChI is InChI=1S/C30H23F5N4O4/c1-15-3-4-17(20(31)9-15)14-43-29-22(33)13-36-28(38-29)19-11-21(32)18(26(34)27(19)35)12-25-37-23-6-5-16(30(40)41)10-24(23)39(25)7-8-42-2/h3-6,9-11,13H,7-8,12,14H2,1-2H3,(H,40,41). The van der Waals surface area contributed by atoms with Gasteiger partial charge in [-0.2, -0.15) is 9.37 Å².